The van der Waals surface area contributed by atoms with Crippen molar-refractivity contribution in [2.75, 3.05) is 13.2 Å². The SMILES string of the molecule is CCCCCCCCOc1ccc(-c2ccc(OC(=O)c3sc4ccc(OC(=O)[C@H](C)OCCCCCCCC)cc4c3Cl)cc2)cc1. The molecule has 0 aliphatic rings. The fraction of sp³-hybridized carbons (Fsp3) is 0.450. The van der Waals surface area contributed by atoms with Gasteiger partial charge >= 0.3 is 11.9 Å². The van der Waals surface area contributed by atoms with E-state index in [4.69, 9.17) is 30.5 Å². The quantitative estimate of drug-likeness (QED) is 0.0492. The van der Waals surface area contributed by atoms with E-state index in [9.17, 15) is 9.59 Å². The Morgan fingerprint density at radius 3 is 1.83 bits per heavy atom. The monoisotopic (exact) mass is 692 g/mol. The number of fused-ring (bicyclic) bond motifs is 1. The summed E-state index contributed by atoms with van der Waals surface area (Å²) in [5.41, 5.74) is 2.05. The van der Waals surface area contributed by atoms with Crippen molar-refractivity contribution in [2.45, 2.75) is 104 Å². The predicted octanol–water partition coefficient (Wildman–Crippen LogP) is 11.9. The Morgan fingerprint density at radius 1 is 0.667 bits per heavy atom. The molecule has 258 valence electrons. The van der Waals surface area contributed by atoms with Crippen LogP contribution in [0.4, 0.5) is 0 Å². The summed E-state index contributed by atoms with van der Waals surface area (Å²) < 4.78 is 23.6. The first-order valence-corrected chi connectivity index (χ1v) is 18.7. The van der Waals surface area contributed by atoms with Gasteiger partial charge in [0, 0.05) is 16.7 Å². The molecule has 0 N–H and O–H groups in total. The molecule has 0 aliphatic carbocycles. The van der Waals surface area contributed by atoms with Crippen LogP contribution >= 0.6 is 22.9 Å². The fourth-order valence-electron chi connectivity index (χ4n) is 5.34. The number of carbonyl (C=O) groups excluding carboxylic acids is 2. The van der Waals surface area contributed by atoms with Crippen molar-refractivity contribution < 1.29 is 28.5 Å². The average Bonchev–Trinajstić information content (AvgIpc) is 3.43. The molecule has 0 bridgehead atoms. The van der Waals surface area contributed by atoms with Gasteiger partial charge in [0.25, 0.3) is 0 Å². The molecule has 1 atom stereocenters. The smallest absolute Gasteiger partial charge is 0.355 e. The van der Waals surface area contributed by atoms with Crippen LogP contribution in [0.1, 0.15) is 107 Å². The molecule has 1 heterocycles. The van der Waals surface area contributed by atoms with E-state index in [-0.39, 0.29) is 9.90 Å². The highest BCUT2D eigenvalue weighted by Crippen LogP contribution is 2.38. The van der Waals surface area contributed by atoms with E-state index in [2.05, 4.69) is 13.8 Å². The van der Waals surface area contributed by atoms with Gasteiger partial charge in [-0.25, -0.2) is 9.59 Å². The molecule has 1 aromatic heterocycles. The van der Waals surface area contributed by atoms with Gasteiger partial charge in [0.2, 0.25) is 0 Å². The zero-order chi connectivity index (χ0) is 34.1. The Bertz CT molecular complexity index is 1560. The number of unbranched alkanes of at least 4 members (excludes halogenated alkanes) is 10. The summed E-state index contributed by atoms with van der Waals surface area (Å²) in [6.45, 7) is 7.38. The van der Waals surface area contributed by atoms with Crippen molar-refractivity contribution in [3.05, 3.63) is 76.6 Å². The summed E-state index contributed by atoms with van der Waals surface area (Å²) in [5.74, 6) is 0.611. The molecular weight excluding hydrogens is 644 g/mol. The molecule has 48 heavy (non-hydrogen) atoms. The molecule has 4 rings (SSSR count). The molecule has 4 aromatic rings. The molecule has 0 amide bonds. The Hall–Kier alpha value is -3.39. The minimum absolute atomic E-state index is 0.265. The third-order valence-electron chi connectivity index (χ3n) is 8.22. The largest absolute Gasteiger partial charge is 0.494 e. The van der Waals surface area contributed by atoms with Gasteiger partial charge in [-0.2, -0.15) is 0 Å². The molecule has 8 heteroatoms. The molecule has 0 fully saturated rings. The van der Waals surface area contributed by atoms with Gasteiger partial charge in [-0.1, -0.05) is 114 Å². The molecule has 6 nitrogen and oxygen atoms in total. The molecule has 0 saturated heterocycles. The number of thiophene rings is 1. The lowest BCUT2D eigenvalue weighted by Crippen LogP contribution is -2.26. The second kappa shape index (κ2) is 20.2. The van der Waals surface area contributed by atoms with Crippen LogP contribution in [0.25, 0.3) is 21.2 Å². The second-order valence-corrected chi connectivity index (χ2v) is 13.6. The lowest BCUT2D eigenvalue weighted by atomic mass is 10.1. The minimum Gasteiger partial charge on any atom is -0.494 e. The van der Waals surface area contributed by atoms with Crippen molar-refractivity contribution in [2.24, 2.45) is 0 Å². The van der Waals surface area contributed by atoms with Crippen LogP contribution in [0.2, 0.25) is 5.02 Å². The number of ether oxygens (including phenoxy) is 4. The summed E-state index contributed by atoms with van der Waals surface area (Å²) in [6, 6.07) is 20.6. The first-order valence-electron chi connectivity index (χ1n) is 17.5. The highest BCUT2D eigenvalue weighted by molar-refractivity contribution is 7.21. The highest BCUT2D eigenvalue weighted by atomic mass is 35.5. The van der Waals surface area contributed by atoms with Gasteiger partial charge in [0.05, 0.1) is 11.6 Å². The maximum atomic E-state index is 13.1. The molecule has 0 spiro atoms. The van der Waals surface area contributed by atoms with E-state index in [1.165, 1.54) is 69.1 Å². The van der Waals surface area contributed by atoms with Crippen LogP contribution in [0, 0.1) is 0 Å². The lowest BCUT2D eigenvalue weighted by molar-refractivity contribution is -0.146. The van der Waals surface area contributed by atoms with Crippen molar-refractivity contribution >= 4 is 45.0 Å². The Labute approximate surface area is 294 Å². The minimum atomic E-state index is -0.681. The number of benzene rings is 3. The molecule has 0 unspecified atom stereocenters. The van der Waals surface area contributed by atoms with Crippen LogP contribution < -0.4 is 14.2 Å². The third-order valence-corrected chi connectivity index (χ3v) is 9.87. The fourth-order valence-corrected chi connectivity index (χ4v) is 6.69. The molecule has 3 aromatic carbocycles. The number of rotatable bonds is 21. The predicted molar refractivity (Wildman–Crippen MR) is 197 cm³/mol. The van der Waals surface area contributed by atoms with Gasteiger partial charge in [-0.3, -0.25) is 0 Å². The summed E-state index contributed by atoms with van der Waals surface area (Å²) in [5, 5.41) is 0.884. The first kappa shape index (κ1) is 37.4. The number of esters is 2. The van der Waals surface area contributed by atoms with Gasteiger partial charge in [-0.05, 0) is 73.4 Å². The summed E-state index contributed by atoms with van der Waals surface area (Å²) in [7, 11) is 0. The van der Waals surface area contributed by atoms with Crippen molar-refractivity contribution in [3.63, 3.8) is 0 Å². The van der Waals surface area contributed by atoms with Crippen LogP contribution in [0.15, 0.2) is 66.7 Å². The highest BCUT2D eigenvalue weighted by Gasteiger charge is 2.21. The first-order chi connectivity index (χ1) is 23.4. The van der Waals surface area contributed by atoms with Crippen molar-refractivity contribution in [1.29, 1.82) is 0 Å². The lowest BCUT2D eigenvalue weighted by Gasteiger charge is -2.12. The number of hydrogen-bond donors (Lipinski definition) is 0. The molecule has 0 saturated carbocycles. The van der Waals surface area contributed by atoms with Crippen LogP contribution in [-0.2, 0) is 9.53 Å². The van der Waals surface area contributed by atoms with Crippen LogP contribution in [-0.4, -0.2) is 31.3 Å². The van der Waals surface area contributed by atoms with E-state index < -0.39 is 18.0 Å². The van der Waals surface area contributed by atoms with E-state index >= 15 is 0 Å². The molecular formula is C40H49ClO6S. The van der Waals surface area contributed by atoms with Crippen LogP contribution in [0.3, 0.4) is 0 Å². The van der Waals surface area contributed by atoms with Gasteiger partial charge < -0.3 is 18.9 Å². The number of carbonyl (C=O) groups is 2. The Balaban J connectivity index is 1.26. The van der Waals surface area contributed by atoms with E-state index in [1.54, 1.807) is 37.3 Å². The van der Waals surface area contributed by atoms with E-state index in [0.29, 0.717) is 23.5 Å². The van der Waals surface area contributed by atoms with E-state index in [1.807, 2.05) is 36.4 Å². The topological polar surface area (TPSA) is 71.1 Å². The van der Waals surface area contributed by atoms with Gasteiger partial charge in [0.1, 0.15) is 22.1 Å². The van der Waals surface area contributed by atoms with E-state index in [0.717, 1.165) is 47.4 Å². The molecule has 0 radical (unpaired) electrons. The molecule has 0 aliphatic heterocycles. The van der Waals surface area contributed by atoms with Gasteiger partial charge in [0.15, 0.2) is 6.10 Å². The van der Waals surface area contributed by atoms with Gasteiger partial charge in [-0.15, -0.1) is 11.3 Å². The summed E-state index contributed by atoms with van der Waals surface area (Å²) in [4.78, 5) is 26.0. The Morgan fingerprint density at radius 2 is 1.21 bits per heavy atom. The normalized spacial score (nSPS) is 11.8. The number of hydrogen-bond acceptors (Lipinski definition) is 7. The standard InChI is InChI=1S/C40H49ClO6S/c1-4-6-8-10-12-14-26-44-29(3)39(42)47-34-24-25-36-35(28-34)37(41)38(48-36)40(43)46-33-22-18-31(19-23-33)30-16-20-32(21-17-30)45-27-15-13-11-9-7-5-2/h16-25,28-29H,4-15,26-27H2,1-3H3/t29-/m0/s1. The van der Waals surface area contributed by atoms with Crippen molar-refractivity contribution in [3.8, 4) is 28.4 Å². The second-order valence-electron chi connectivity index (χ2n) is 12.2. The average molecular weight is 693 g/mol. The summed E-state index contributed by atoms with van der Waals surface area (Å²) in [6.07, 6.45) is 13.6. The maximum Gasteiger partial charge on any atom is 0.355 e. The third kappa shape index (κ3) is 11.6. The maximum absolute atomic E-state index is 13.1. The zero-order valence-corrected chi connectivity index (χ0v) is 30.1. The van der Waals surface area contributed by atoms with Crippen LogP contribution in [0.5, 0.6) is 17.2 Å². The summed E-state index contributed by atoms with van der Waals surface area (Å²) >= 11 is 7.87. The van der Waals surface area contributed by atoms with Crippen molar-refractivity contribution in [1.82, 2.24) is 0 Å². The zero-order valence-electron chi connectivity index (χ0n) is 28.6. The number of halogens is 1. The Kier molecular flexibility index (Phi) is 15.8.